The molecule has 5 rings (SSSR count). The van der Waals surface area contributed by atoms with Gasteiger partial charge in [-0.3, -0.25) is 9.59 Å². The number of phenolic OH excluding ortho intramolecular Hbond substituents is 3. The third-order valence-electron chi connectivity index (χ3n) is 8.21. The summed E-state index contributed by atoms with van der Waals surface area (Å²) in [6.45, 7) is 5.51. The molecule has 3 aromatic rings. The van der Waals surface area contributed by atoms with Crippen molar-refractivity contribution in [2.45, 2.75) is 77.3 Å². The third kappa shape index (κ3) is 5.73. The summed E-state index contributed by atoms with van der Waals surface area (Å²) in [7, 11) is 0. The zero-order valence-corrected chi connectivity index (χ0v) is 24.9. The van der Waals surface area contributed by atoms with Gasteiger partial charge in [0, 0.05) is 34.6 Å². The lowest BCUT2D eigenvalue weighted by molar-refractivity contribution is -0.190. The number of aromatic hydroxyl groups is 3. The number of allylic oxidation sites excluding steroid dienone is 3. The number of hydrogen-bond acceptors (Lipinski definition) is 9. The van der Waals surface area contributed by atoms with Gasteiger partial charge in [0.15, 0.2) is 11.9 Å². The number of unbranched alkanes of at least 4 members (excludes halogenated alkanes) is 3. The van der Waals surface area contributed by atoms with Crippen molar-refractivity contribution in [3.63, 3.8) is 0 Å². The Morgan fingerprint density at radius 3 is 2.50 bits per heavy atom. The molecular weight excluding hydrogens is 564 g/mol. The fraction of sp³-hybridized carbons (Fsp3) is 0.343. The quantitative estimate of drug-likeness (QED) is 0.0844. The van der Waals surface area contributed by atoms with Crippen molar-refractivity contribution in [3.8, 4) is 17.2 Å². The van der Waals surface area contributed by atoms with Crippen molar-refractivity contribution < 1.29 is 44.3 Å². The van der Waals surface area contributed by atoms with E-state index in [0.29, 0.717) is 10.9 Å². The van der Waals surface area contributed by atoms with Gasteiger partial charge in [-0.05, 0) is 55.8 Å². The molecule has 2 aliphatic rings. The van der Waals surface area contributed by atoms with Crippen LogP contribution in [0, 0.1) is 6.92 Å². The average molecular weight is 601 g/mol. The van der Waals surface area contributed by atoms with Crippen LogP contribution in [0.4, 0.5) is 0 Å². The lowest BCUT2D eigenvalue weighted by Crippen LogP contribution is -2.46. The summed E-state index contributed by atoms with van der Waals surface area (Å²) in [5, 5.41) is 44.2. The Kier molecular flexibility index (Phi) is 8.90. The summed E-state index contributed by atoms with van der Waals surface area (Å²) in [5.74, 6) is -3.21. The van der Waals surface area contributed by atoms with Crippen LogP contribution in [0.1, 0.15) is 95.0 Å². The number of fused-ring (bicyclic) bond motifs is 4. The van der Waals surface area contributed by atoms with E-state index in [1.54, 1.807) is 32.1 Å². The second-order valence-corrected chi connectivity index (χ2v) is 11.4. The Morgan fingerprint density at radius 2 is 1.77 bits per heavy atom. The predicted octanol–water partition coefficient (Wildman–Crippen LogP) is 5.86. The number of rotatable bonds is 8. The first kappa shape index (κ1) is 31.0. The second kappa shape index (κ2) is 12.6. The van der Waals surface area contributed by atoms with Crippen LogP contribution in [-0.2, 0) is 14.3 Å². The van der Waals surface area contributed by atoms with Crippen LogP contribution in [0.2, 0.25) is 0 Å². The molecule has 1 heterocycles. The minimum absolute atomic E-state index is 0.0580. The van der Waals surface area contributed by atoms with E-state index >= 15 is 0 Å². The van der Waals surface area contributed by atoms with Gasteiger partial charge < -0.3 is 29.9 Å². The Morgan fingerprint density at radius 1 is 1.00 bits per heavy atom. The van der Waals surface area contributed by atoms with Crippen molar-refractivity contribution in [1.82, 2.24) is 0 Å². The topological polar surface area (TPSA) is 151 Å². The van der Waals surface area contributed by atoms with Gasteiger partial charge in [0.1, 0.15) is 17.2 Å². The molecule has 44 heavy (non-hydrogen) atoms. The summed E-state index contributed by atoms with van der Waals surface area (Å²) in [5.41, 5.74) is 0.0397. The van der Waals surface area contributed by atoms with E-state index in [1.807, 2.05) is 6.08 Å². The normalized spacial score (nSPS) is 21.6. The van der Waals surface area contributed by atoms with Crippen molar-refractivity contribution in [2.24, 2.45) is 0 Å². The van der Waals surface area contributed by atoms with Crippen LogP contribution in [0.25, 0.3) is 10.8 Å². The van der Waals surface area contributed by atoms with Crippen molar-refractivity contribution in [3.05, 3.63) is 88.0 Å². The van der Waals surface area contributed by atoms with Gasteiger partial charge in [0.25, 0.3) is 0 Å². The van der Waals surface area contributed by atoms with Crippen LogP contribution in [0.3, 0.4) is 0 Å². The van der Waals surface area contributed by atoms with Gasteiger partial charge in [0.2, 0.25) is 5.78 Å². The monoisotopic (exact) mass is 600 g/mol. The molecule has 4 atom stereocenters. The number of benzene rings is 3. The SMILES string of the molecule is CCCCC/C=C/C=C/C(=O)O[C@H]1[C@H](O)C[C@H](c2ccc3c(c2O)C(=O)c2c(O)cc4cc(C)cc(O)c4c2C3=O)O[C@@H]1C. The number of carbonyl (C=O) groups excluding carboxylic acids is 3. The van der Waals surface area contributed by atoms with Gasteiger partial charge in [0.05, 0.1) is 29.4 Å². The standard InChI is InChI=1S/C35H36O9/c1-4-5-6-7-8-9-10-11-27(39)44-35-19(3)43-26(17-25(35)38)21-12-13-22-29(32(21)40)34(42)30-24(37)16-20-14-18(2)15-23(36)28(20)31(30)33(22)41/h8-16,19,25-26,35-38,40H,4-7,17H2,1-3H3/b9-8+,11-10+/t19-,25-,26-,35-/m1/s1. The van der Waals surface area contributed by atoms with Crippen molar-refractivity contribution >= 4 is 28.3 Å². The zero-order chi connectivity index (χ0) is 31.7. The first-order chi connectivity index (χ1) is 21.0. The highest BCUT2D eigenvalue weighted by molar-refractivity contribution is 6.34. The smallest absolute Gasteiger partial charge is 0.331 e. The molecule has 1 aliphatic heterocycles. The summed E-state index contributed by atoms with van der Waals surface area (Å²) in [4.78, 5) is 39.8. The van der Waals surface area contributed by atoms with Crippen molar-refractivity contribution in [1.29, 1.82) is 0 Å². The van der Waals surface area contributed by atoms with E-state index in [2.05, 4.69) is 6.92 Å². The number of aliphatic hydroxyl groups excluding tert-OH is 1. The zero-order valence-electron chi connectivity index (χ0n) is 24.9. The number of hydrogen-bond donors (Lipinski definition) is 4. The Bertz CT molecular complexity index is 1690. The molecule has 0 unspecified atom stereocenters. The number of ketones is 2. The number of esters is 1. The van der Waals surface area contributed by atoms with Crippen LogP contribution < -0.4 is 0 Å². The number of phenols is 3. The molecule has 0 amide bonds. The van der Waals surface area contributed by atoms with E-state index in [0.717, 1.165) is 25.7 Å². The average Bonchev–Trinajstić information content (AvgIpc) is 2.96. The molecule has 3 aromatic carbocycles. The molecule has 9 heteroatoms. The van der Waals surface area contributed by atoms with Gasteiger partial charge in [-0.15, -0.1) is 0 Å². The molecule has 0 aromatic heterocycles. The van der Waals surface area contributed by atoms with Crippen LogP contribution in [0.5, 0.6) is 17.2 Å². The highest BCUT2D eigenvalue weighted by Crippen LogP contribution is 2.46. The van der Waals surface area contributed by atoms with Gasteiger partial charge in [-0.2, -0.15) is 0 Å². The molecule has 0 radical (unpaired) electrons. The van der Waals surface area contributed by atoms with E-state index < -0.39 is 53.5 Å². The lowest BCUT2D eigenvalue weighted by atomic mass is 9.79. The van der Waals surface area contributed by atoms with Gasteiger partial charge in [-0.1, -0.05) is 50.1 Å². The largest absolute Gasteiger partial charge is 0.507 e. The number of ether oxygens (including phenoxy) is 2. The first-order valence-corrected chi connectivity index (χ1v) is 14.8. The molecule has 0 bridgehead atoms. The van der Waals surface area contributed by atoms with Gasteiger partial charge >= 0.3 is 5.97 Å². The molecule has 0 saturated carbocycles. The second-order valence-electron chi connectivity index (χ2n) is 11.4. The Hall–Kier alpha value is -4.47. The fourth-order valence-corrected chi connectivity index (χ4v) is 6.08. The minimum atomic E-state index is -1.14. The molecule has 230 valence electrons. The summed E-state index contributed by atoms with van der Waals surface area (Å²) >= 11 is 0. The maximum atomic E-state index is 13.7. The molecule has 9 nitrogen and oxygen atoms in total. The third-order valence-corrected chi connectivity index (χ3v) is 8.21. The molecular formula is C35H36O9. The molecule has 1 fully saturated rings. The van der Waals surface area contributed by atoms with E-state index in [9.17, 15) is 34.8 Å². The Balaban J connectivity index is 1.37. The fourth-order valence-electron chi connectivity index (χ4n) is 6.08. The molecule has 4 N–H and O–H groups in total. The highest BCUT2D eigenvalue weighted by atomic mass is 16.6. The lowest BCUT2D eigenvalue weighted by Gasteiger charge is -2.38. The molecule has 1 aliphatic carbocycles. The highest BCUT2D eigenvalue weighted by Gasteiger charge is 2.42. The van der Waals surface area contributed by atoms with Crippen LogP contribution in [0.15, 0.2) is 54.6 Å². The van der Waals surface area contributed by atoms with E-state index in [1.165, 1.54) is 30.3 Å². The number of aliphatic hydroxyl groups is 1. The predicted molar refractivity (Wildman–Crippen MR) is 163 cm³/mol. The van der Waals surface area contributed by atoms with Crippen LogP contribution in [-0.4, -0.2) is 56.3 Å². The minimum Gasteiger partial charge on any atom is -0.507 e. The first-order valence-electron chi connectivity index (χ1n) is 14.8. The maximum absolute atomic E-state index is 13.7. The van der Waals surface area contributed by atoms with E-state index in [4.69, 9.17) is 9.47 Å². The summed E-state index contributed by atoms with van der Waals surface area (Å²) in [6.07, 6.45) is 7.08. The number of carbonyl (C=O) groups is 3. The summed E-state index contributed by atoms with van der Waals surface area (Å²) in [6, 6.07) is 7.30. The van der Waals surface area contributed by atoms with Gasteiger partial charge in [-0.25, -0.2) is 4.79 Å². The summed E-state index contributed by atoms with van der Waals surface area (Å²) < 4.78 is 11.5. The number of aryl methyl sites for hydroxylation is 1. The molecule has 1 saturated heterocycles. The molecule has 0 spiro atoms. The van der Waals surface area contributed by atoms with Crippen LogP contribution >= 0.6 is 0 Å². The van der Waals surface area contributed by atoms with E-state index in [-0.39, 0.29) is 45.4 Å². The Labute approximate surface area is 255 Å². The maximum Gasteiger partial charge on any atom is 0.331 e. The van der Waals surface area contributed by atoms with Crippen molar-refractivity contribution in [2.75, 3.05) is 0 Å².